The van der Waals surface area contributed by atoms with Crippen molar-refractivity contribution in [3.8, 4) is 0 Å². The highest BCUT2D eigenvalue weighted by Crippen LogP contribution is 2.20. The second-order valence-corrected chi connectivity index (χ2v) is 7.47. The van der Waals surface area contributed by atoms with Crippen molar-refractivity contribution in [2.45, 2.75) is 25.6 Å². The zero-order valence-electron chi connectivity index (χ0n) is 16.0. The van der Waals surface area contributed by atoms with Gasteiger partial charge in [-0.15, -0.1) is 0 Å². The van der Waals surface area contributed by atoms with E-state index in [1.54, 1.807) is 6.07 Å². The first-order valence-corrected chi connectivity index (χ1v) is 9.88. The number of aliphatic hydroxyl groups is 1. The van der Waals surface area contributed by atoms with Gasteiger partial charge in [0, 0.05) is 50.8 Å². The highest BCUT2D eigenvalue weighted by Gasteiger charge is 2.26. The van der Waals surface area contributed by atoms with E-state index in [2.05, 4.69) is 39.0 Å². The summed E-state index contributed by atoms with van der Waals surface area (Å²) >= 11 is 0. The Hall–Kier alpha value is -2.34. The van der Waals surface area contributed by atoms with Crippen molar-refractivity contribution in [3.05, 3.63) is 77.7 Å². The van der Waals surface area contributed by atoms with E-state index in [9.17, 15) is 9.50 Å². The number of para-hydroxylation sites is 1. The highest BCUT2D eigenvalue weighted by atomic mass is 19.1. The number of nitrogens with zero attached hydrogens (tertiary/aromatic N) is 3. The van der Waals surface area contributed by atoms with E-state index in [0.29, 0.717) is 18.1 Å². The molecule has 2 heterocycles. The van der Waals surface area contributed by atoms with Crippen LogP contribution in [-0.2, 0) is 13.1 Å². The van der Waals surface area contributed by atoms with Gasteiger partial charge < -0.3 is 5.11 Å². The minimum absolute atomic E-state index is 0.184. The van der Waals surface area contributed by atoms with Crippen LogP contribution >= 0.6 is 0 Å². The number of aliphatic hydroxyl groups excluding tert-OH is 1. The molecule has 0 amide bonds. The molecule has 5 heteroatoms. The maximum Gasteiger partial charge on any atom is 0.149 e. The summed E-state index contributed by atoms with van der Waals surface area (Å²) in [7, 11) is 0. The quantitative estimate of drug-likeness (QED) is 0.712. The summed E-state index contributed by atoms with van der Waals surface area (Å²) in [6.07, 6.45) is 0.753. The molecule has 0 saturated carbocycles. The SMILES string of the molecule is OCC[C@H]1CN(Cc2ccc3cccc(F)c3n2)CCN1Cc1ccccc1. The lowest BCUT2D eigenvalue weighted by atomic mass is 10.1. The van der Waals surface area contributed by atoms with Crippen molar-refractivity contribution in [3.63, 3.8) is 0 Å². The van der Waals surface area contributed by atoms with Crippen LogP contribution < -0.4 is 0 Å². The number of benzene rings is 2. The summed E-state index contributed by atoms with van der Waals surface area (Å²) in [4.78, 5) is 9.36. The molecule has 4 rings (SSSR count). The van der Waals surface area contributed by atoms with Crippen molar-refractivity contribution in [1.82, 2.24) is 14.8 Å². The Labute approximate surface area is 165 Å². The number of hydrogen-bond donors (Lipinski definition) is 1. The van der Waals surface area contributed by atoms with Crippen LogP contribution in [0.5, 0.6) is 0 Å². The Kier molecular flexibility index (Phi) is 5.95. The van der Waals surface area contributed by atoms with Crippen LogP contribution in [0.4, 0.5) is 4.39 Å². The Morgan fingerprint density at radius 2 is 1.82 bits per heavy atom. The lowest BCUT2D eigenvalue weighted by molar-refractivity contribution is 0.0494. The van der Waals surface area contributed by atoms with Gasteiger partial charge in [0.1, 0.15) is 11.3 Å². The molecule has 1 aliphatic heterocycles. The molecular formula is C23H26FN3O. The van der Waals surface area contributed by atoms with Gasteiger partial charge in [0.25, 0.3) is 0 Å². The maximum absolute atomic E-state index is 14.1. The molecule has 3 aromatic rings. The first-order valence-electron chi connectivity index (χ1n) is 9.88. The molecule has 4 nitrogen and oxygen atoms in total. The van der Waals surface area contributed by atoms with Crippen LogP contribution in [0.25, 0.3) is 10.9 Å². The van der Waals surface area contributed by atoms with E-state index in [0.717, 1.165) is 43.7 Å². The van der Waals surface area contributed by atoms with Crippen LogP contribution in [0.1, 0.15) is 17.7 Å². The third kappa shape index (κ3) is 4.38. The van der Waals surface area contributed by atoms with E-state index >= 15 is 0 Å². The van der Waals surface area contributed by atoms with Crippen molar-refractivity contribution in [2.24, 2.45) is 0 Å². The Balaban J connectivity index is 1.44. The molecule has 0 unspecified atom stereocenters. The molecule has 1 aromatic heterocycles. The predicted molar refractivity (Wildman–Crippen MR) is 109 cm³/mol. The predicted octanol–water partition coefficient (Wildman–Crippen LogP) is 3.44. The maximum atomic E-state index is 14.1. The molecule has 1 atom stereocenters. The minimum Gasteiger partial charge on any atom is -0.396 e. The molecule has 2 aromatic carbocycles. The van der Waals surface area contributed by atoms with Gasteiger partial charge in [-0.25, -0.2) is 9.37 Å². The first kappa shape index (κ1) is 19.0. The Morgan fingerprint density at radius 3 is 2.64 bits per heavy atom. The Morgan fingerprint density at radius 1 is 0.964 bits per heavy atom. The molecule has 28 heavy (non-hydrogen) atoms. The van der Waals surface area contributed by atoms with Crippen LogP contribution in [0.15, 0.2) is 60.7 Å². The van der Waals surface area contributed by atoms with Crippen LogP contribution in [0.3, 0.4) is 0 Å². The number of pyridine rings is 1. The van der Waals surface area contributed by atoms with Gasteiger partial charge in [-0.3, -0.25) is 9.80 Å². The molecule has 1 aliphatic rings. The van der Waals surface area contributed by atoms with E-state index < -0.39 is 0 Å². The highest BCUT2D eigenvalue weighted by molar-refractivity contribution is 5.79. The number of fused-ring (bicyclic) bond motifs is 1. The average Bonchev–Trinajstić information content (AvgIpc) is 2.72. The van der Waals surface area contributed by atoms with Crippen LogP contribution in [-0.4, -0.2) is 52.2 Å². The standard InChI is InChI=1S/C23H26FN3O/c24-22-8-4-7-19-9-10-20(25-23(19)22)16-26-12-13-27(21(17-26)11-14-28)15-18-5-2-1-3-6-18/h1-10,21,28H,11-17H2/t21-/m0/s1. The van der Waals surface area contributed by atoms with E-state index in [4.69, 9.17) is 0 Å². The number of hydrogen-bond acceptors (Lipinski definition) is 4. The zero-order valence-corrected chi connectivity index (χ0v) is 16.0. The number of piperazine rings is 1. The summed E-state index contributed by atoms with van der Waals surface area (Å²) < 4.78 is 14.1. The van der Waals surface area contributed by atoms with Gasteiger partial charge in [-0.2, -0.15) is 0 Å². The number of rotatable bonds is 6. The van der Waals surface area contributed by atoms with Gasteiger partial charge >= 0.3 is 0 Å². The van der Waals surface area contributed by atoms with E-state index in [1.807, 2.05) is 24.3 Å². The second-order valence-electron chi connectivity index (χ2n) is 7.47. The third-order valence-electron chi connectivity index (χ3n) is 5.49. The number of halogens is 1. The van der Waals surface area contributed by atoms with E-state index in [1.165, 1.54) is 11.6 Å². The molecule has 0 radical (unpaired) electrons. The lowest BCUT2D eigenvalue weighted by Gasteiger charge is -2.41. The summed E-state index contributed by atoms with van der Waals surface area (Å²) in [6.45, 7) is 4.55. The molecule has 1 fully saturated rings. The van der Waals surface area contributed by atoms with Crippen LogP contribution in [0.2, 0.25) is 0 Å². The summed E-state index contributed by atoms with van der Waals surface area (Å²) in [6, 6.07) is 19.7. The molecule has 146 valence electrons. The first-order chi connectivity index (χ1) is 13.7. The minimum atomic E-state index is -0.273. The van der Waals surface area contributed by atoms with Gasteiger partial charge in [-0.05, 0) is 24.1 Å². The topological polar surface area (TPSA) is 39.6 Å². The summed E-state index contributed by atoms with van der Waals surface area (Å²) in [5, 5.41) is 10.4. The van der Waals surface area contributed by atoms with Gasteiger partial charge in [0.15, 0.2) is 0 Å². The monoisotopic (exact) mass is 379 g/mol. The normalized spacial score (nSPS) is 18.6. The molecule has 1 saturated heterocycles. The summed E-state index contributed by atoms with van der Waals surface area (Å²) in [5.41, 5.74) is 2.62. The van der Waals surface area contributed by atoms with Crippen molar-refractivity contribution in [1.29, 1.82) is 0 Å². The molecular weight excluding hydrogens is 353 g/mol. The fraction of sp³-hybridized carbons (Fsp3) is 0.348. The third-order valence-corrected chi connectivity index (χ3v) is 5.49. The second kappa shape index (κ2) is 8.78. The molecule has 0 spiro atoms. The van der Waals surface area contributed by atoms with Crippen molar-refractivity contribution < 1.29 is 9.50 Å². The fourth-order valence-electron chi connectivity index (χ4n) is 4.02. The molecule has 1 N–H and O–H groups in total. The largest absolute Gasteiger partial charge is 0.396 e. The lowest BCUT2D eigenvalue weighted by Crippen LogP contribution is -2.52. The smallest absolute Gasteiger partial charge is 0.149 e. The molecule has 0 aliphatic carbocycles. The Bertz CT molecular complexity index is 918. The molecule has 0 bridgehead atoms. The van der Waals surface area contributed by atoms with Gasteiger partial charge in [0.2, 0.25) is 0 Å². The fourth-order valence-corrected chi connectivity index (χ4v) is 4.02. The zero-order chi connectivity index (χ0) is 19.3. The van der Waals surface area contributed by atoms with Crippen LogP contribution in [0, 0.1) is 5.82 Å². The van der Waals surface area contributed by atoms with Crippen molar-refractivity contribution in [2.75, 3.05) is 26.2 Å². The van der Waals surface area contributed by atoms with Gasteiger partial charge in [-0.1, -0.05) is 48.5 Å². The summed E-state index contributed by atoms with van der Waals surface area (Å²) in [5.74, 6) is -0.273. The average molecular weight is 379 g/mol. The van der Waals surface area contributed by atoms with E-state index in [-0.39, 0.29) is 12.4 Å². The number of aromatic nitrogens is 1. The van der Waals surface area contributed by atoms with Crippen molar-refractivity contribution >= 4 is 10.9 Å². The van der Waals surface area contributed by atoms with Gasteiger partial charge in [0.05, 0.1) is 5.69 Å².